The molecule has 3 rings (SSSR count). The third-order valence-electron chi connectivity index (χ3n) is 4.59. The molecule has 0 amide bonds. The number of likely N-dealkylation sites (N-methyl/N-ethyl adjacent to an activating group) is 1. The first-order valence-corrected chi connectivity index (χ1v) is 8.33. The topological polar surface area (TPSA) is 15.6 Å². The summed E-state index contributed by atoms with van der Waals surface area (Å²) < 4.78 is 26.7. The van der Waals surface area contributed by atoms with Gasteiger partial charge >= 0.3 is 0 Å². The average Bonchev–Trinajstić information content (AvgIpc) is 2.52. The molecule has 1 aliphatic rings. The van der Waals surface area contributed by atoms with Crippen molar-refractivity contribution < 1.29 is 8.78 Å². The molecular formula is C20H19ClF2N2. The zero-order valence-electron chi connectivity index (χ0n) is 14.6. The number of hydrogen-bond acceptors (Lipinski definition) is 2. The molecule has 25 heavy (non-hydrogen) atoms. The van der Waals surface area contributed by atoms with Crippen LogP contribution in [0.4, 0.5) is 20.2 Å². The number of nitrogens with zero attached hydrogens (tertiary/aromatic N) is 2. The molecular weight excluding hydrogens is 342 g/mol. The Morgan fingerprint density at radius 2 is 1.88 bits per heavy atom. The Hall–Kier alpha value is -2.20. The summed E-state index contributed by atoms with van der Waals surface area (Å²) in [6, 6.07) is 7.13. The lowest BCUT2D eigenvalue weighted by Gasteiger charge is -2.40. The second-order valence-electron chi connectivity index (χ2n) is 6.78. The molecule has 0 aliphatic carbocycles. The summed E-state index contributed by atoms with van der Waals surface area (Å²) >= 11 is 6.41. The molecule has 0 unspecified atom stereocenters. The number of halogens is 3. The van der Waals surface area contributed by atoms with E-state index < -0.39 is 11.6 Å². The predicted molar refractivity (Wildman–Crippen MR) is 101 cm³/mol. The number of allylic oxidation sites excluding steroid dienone is 1. The second kappa shape index (κ2) is 6.26. The molecule has 1 aliphatic heterocycles. The Kier molecular flexibility index (Phi) is 4.41. The highest BCUT2D eigenvalue weighted by molar-refractivity contribution is 6.33. The van der Waals surface area contributed by atoms with E-state index in [1.165, 1.54) is 18.3 Å². The summed E-state index contributed by atoms with van der Waals surface area (Å²) in [5.74, 6) is -1.34. The Morgan fingerprint density at radius 1 is 1.16 bits per heavy atom. The van der Waals surface area contributed by atoms with Gasteiger partial charge in [0.2, 0.25) is 0 Å². The van der Waals surface area contributed by atoms with Crippen LogP contribution in [0.2, 0.25) is 5.02 Å². The van der Waals surface area contributed by atoms with Crippen molar-refractivity contribution in [1.29, 1.82) is 0 Å². The minimum Gasteiger partial charge on any atom is -0.365 e. The van der Waals surface area contributed by atoms with Gasteiger partial charge in [-0.05, 0) is 50.6 Å². The lowest BCUT2D eigenvalue weighted by molar-refractivity contribution is 0.585. The van der Waals surface area contributed by atoms with Crippen molar-refractivity contribution in [3.63, 3.8) is 0 Å². The van der Waals surface area contributed by atoms with Crippen LogP contribution in [0.3, 0.4) is 0 Å². The number of hydrogen-bond donors (Lipinski definition) is 0. The average molecular weight is 361 g/mol. The molecule has 0 saturated heterocycles. The minimum atomic E-state index is -0.706. The lowest BCUT2D eigenvalue weighted by Crippen LogP contribution is -2.42. The van der Waals surface area contributed by atoms with Gasteiger partial charge in [0.25, 0.3) is 0 Å². The van der Waals surface area contributed by atoms with E-state index in [1.807, 2.05) is 19.2 Å². The van der Waals surface area contributed by atoms with E-state index in [2.05, 4.69) is 36.7 Å². The number of fused-ring (bicyclic) bond motifs is 1. The highest BCUT2D eigenvalue weighted by Gasteiger charge is 2.29. The van der Waals surface area contributed by atoms with Gasteiger partial charge in [-0.15, -0.1) is 0 Å². The summed E-state index contributed by atoms with van der Waals surface area (Å²) in [6.45, 7) is 6.34. The summed E-state index contributed by atoms with van der Waals surface area (Å²) in [5, 5.41) is 0.530. The molecule has 0 radical (unpaired) electrons. The van der Waals surface area contributed by atoms with Gasteiger partial charge in [-0.25, -0.2) is 8.78 Å². The van der Waals surface area contributed by atoms with Crippen LogP contribution in [0, 0.1) is 11.6 Å². The normalized spacial score (nSPS) is 16.1. The molecule has 2 aromatic carbocycles. The van der Waals surface area contributed by atoms with Crippen molar-refractivity contribution in [2.45, 2.75) is 26.3 Å². The van der Waals surface area contributed by atoms with E-state index in [1.54, 1.807) is 0 Å². The van der Waals surface area contributed by atoms with Gasteiger partial charge in [0.05, 0.1) is 16.2 Å². The highest BCUT2D eigenvalue weighted by Crippen LogP contribution is 2.40. The monoisotopic (exact) mass is 360 g/mol. The van der Waals surface area contributed by atoms with E-state index in [9.17, 15) is 8.78 Å². The van der Waals surface area contributed by atoms with E-state index >= 15 is 0 Å². The summed E-state index contributed by atoms with van der Waals surface area (Å²) in [7, 11) is 2.03. The first-order chi connectivity index (χ1) is 11.7. The second-order valence-corrected chi connectivity index (χ2v) is 7.19. The summed E-state index contributed by atoms with van der Waals surface area (Å²) in [6.07, 6.45) is 3.70. The van der Waals surface area contributed by atoms with Crippen molar-refractivity contribution in [3.8, 4) is 0 Å². The van der Waals surface area contributed by atoms with Crippen LogP contribution in [-0.2, 0) is 0 Å². The first-order valence-electron chi connectivity index (χ1n) is 7.95. The molecule has 0 bridgehead atoms. The molecule has 0 spiro atoms. The molecule has 0 aromatic heterocycles. The van der Waals surface area contributed by atoms with Gasteiger partial charge < -0.3 is 4.90 Å². The fourth-order valence-electron chi connectivity index (χ4n) is 3.01. The Labute approximate surface area is 151 Å². The van der Waals surface area contributed by atoms with E-state index in [-0.39, 0.29) is 11.2 Å². The Balaban J connectivity index is 2.02. The van der Waals surface area contributed by atoms with E-state index in [4.69, 9.17) is 11.6 Å². The number of rotatable bonds is 2. The highest BCUT2D eigenvalue weighted by atomic mass is 35.5. The van der Waals surface area contributed by atoms with Gasteiger partial charge in [0, 0.05) is 36.1 Å². The van der Waals surface area contributed by atoms with Crippen LogP contribution in [0.5, 0.6) is 0 Å². The number of benzene rings is 2. The molecule has 0 N–H and O–H groups in total. The van der Waals surface area contributed by atoms with Gasteiger partial charge in [0.1, 0.15) is 5.82 Å². The van der Waals surface area contributed by atoms with Crippen LogP contribution in [-0.4, -0.2) is 18.8 Å². The van der Waals surface area contributed by atoms with Gasteiger partial charge in [-0.2, -0.15) is 0 Å². The Bertz CT molecular complexity index is 901. The molecule has 130 valence electrons. The maximum Gasteiger partial charge on any atom is 0.151 e. The number of aliphatic imine (C=N–C) groups is 1. The minimum absolute atomic E-state index is 0.0701. The molecule has 1 heterocycles. The van der Waals surface area contributed by atoms with E-state index in [0.717, 1.165) is 22.9 Å². The van der Waals surface area contributed by atoms with Crippen molar-refractivity contribution in [1.82, 2.24) is 0 Å². The lowest BCUT2D eigenvalue weighted by atomic mass is 9.88. The van der Waals surface area contributed by atoms with Crippen molar-refractivity contribution in [2.24, 2.45) is 4.99 Å². The maximum atomic E-state index is 13.7. The standard InChI is InChI=1S/C20H19ClF2N2/c1-12-10-20(2,3)25(4)19-9-16(21)13(7-15(12)19)11-24-18-6-5-14(22)8-17(18)23/h5-11H,1-4H3. The number of anilines is 1. The first kappa shape index (κ1) is 17.6. The molecule has 2 aromatic rings. The maximum absolute atomic E-state index is 13.7. The smallest absolute Gasteiger partial charge is 0.151 e. The summed E-state index contributed by atoms with van der Waals surface area (Å²) in [4.78, 5) is 6.28. The van der Waals surface area contributed by atoms with Gasteiger partial charge in [-0.3, -0.25) is 4.99 Å². The molecule has 5 heteroatoms. The van der Waals surface area contributed by atoms with Crippen molar-refractivity contribution >= 4 is 34.8 Å². The zero-order valence-corrected chi connectivity index (χ0v) is 15.3. The molecule has 0 fully saturated rings. The molecule has 0 atom stereocenters. The van der Waals surface area contributed by atoms with Crippen LogP contribution in [0.15, 0.2) is 41.4 Å². The van der Waals surface area contributed by atoms with Gasteiger partial charge in [0.15, 0.2) is 5.82 Å². The van der Waals surface area contributed by atoms with Gasteiger partial charge in [-0.1, -0.05) is 17.7 Å². The van der Waals surface area contributed by atoms with Crippen molar-refractivity contribution in [2.75, 3.05) is 11.9 Å². The fraction of sp³-hybridized carbons (Fsp3) is 0.250. The predicted octanol–water partition coefficient (Wildman–Crippen LogP) is 6.00. The molecule has 2 nitrogen and oxygen atoms in total. The fourth-order valence-corrected chi connectivity index (χ4v) is 3.22. The Morgan fingerprint density at radius 3 is 2.56 bits per heavy atom. The largest absolute Gasteiger partial charge is 0.365 e. The van der Waals surface area contributed by atoms with Crippen molar-refractivity contribution in [3.05, 3.63) is 64.2 Å². The third-order valence-corrected chi connectivity index (χ3v) is 4.92. The quantitative estimate of drug-likeness (QED) is 0.599. The SMILES string of the molecule is CC1=CC(C)(C)N(C)c2cc(Cl)c(C=Nc3ccc(F)cc3F)cc21. The van der Waals surface area contributed by atoms with Crippen LogP contribution in [0.1, 0.15) is 31.9 Å². The van der Waals surface area contributed by atoms with Crippen LogP contribution in [0.25, 0.3) is 5.57 Å². The van der Waals surface area contributed by atoms with Crippen LogP contribution < -0.4 is 4.90 Å². The van der Waals surface area contributed by atoms with E-state index in [0.29, 0.717) is 10.6 Å². The summed E-state index contributed by atoms with van der Waals surface area (Å²) in [5.41, 5.74) is 3.91. The zero-order chi connectivity index (χ0) is 18.4. The third kappa shape index (κ3) is 3.31. The molecule has 0 saturated carbocycles. The van der Waals surface area contributed by atoms with Crippen LogP contribution >= 0.6 is 11.6 Å².